The Morgan fingerprint density at radius 2 is 1.76 bits per heavy atom. The number of nitrogens with zero attached hydrogens (tertiary/aromatic N) is 3. The molecule has 0 spiro atoms. The first-order chi connectivity index (χ1) is 12.0. The zero-order valence-electron chi connectivity index (χ0n) is 12.6. The number of hydrogen-bond acceptors (Lipinski definition) is 4. The van der Waals surface area contributed by atoms with Gasteiger partial charge in [-0.25, -0.2) is 4.68 Å². The summed E-state index contributed by atoms with van der Waals surface area (Å²) in [6.45, 7) is 0. The molecule has 2 aromatic heterocycles. The molecule has 8 heteroatoms. The molecule has 0 fully saturated rings. The van der Waals surface area contributed by atoms with Gasteiger partial charge in [0.1, 0.15) is 5.75 Å². The SMILES string of the molecule is FC(F)(F)Oc1ccc(-c2ccc3onc(-n4cccn4)c3c2)cc1. The number of alkyl halides is 3. The number of hydrogen-bond donors (Lipinski definition) is 0. The predicted octanol–water partition coefficient (Wildman–Crippen LogP) is 4.58. The first-order valence-corrected chi connectivity index (χ1v) is 7.25. The standard InChI is InChI=1S/C17H10F3N3O2/c18-17(19,20)24-13-5-2-11(3-6-13)12-4-7-15-14(10-12)16(22-25-15)23-9-1-8-21-23/h1-10H. The fraction of sp³-hybridized carbons (Fsp3) is 0.0588. The third-order valence-electron chi connectivity index (χ3n) is 3.59. The Kier molecular flexibility index (Phi) is 3.45. The van der Waals surface area contributed by atoms with Gasteiger partial charge in [0.05, 0.1) is 5.39 Å². The lowest BCUT2D eigenvalue weighted by Gasteiger charge is -2.09. The molecule has 2 aromatic carbocycles. The van der Waals surface area contributed by atoms with Crippen LogP contribution in [0, 0.1) is 0 Å². The lowest BCUT2D eigenvalue weighted by atomic mass is 10.0. The number of benzene rings is 2. The van der Waals surface area contributed by atoms with Crippen molar-refractivity contribution in [3.63, 3.8) is 0 Å². The Morgan fingerprint density at radius 1 is 1.00 bits per heavy atom. The van der Waals surface area contributed by atoms with Crippen molar-refractivity contribution in [2.45, 2.75) is 6.36 Å². The van der Waals surface area contributed by atoms with Crippen LogP contribution in [0.15, 0.2) is 65.4 Å². The van der Waals surface area contributed by atoms with Crippen molar-refractivity contribution in [2.24, 2.45) is 0 Å². The highest BCUT2D eigenvalue weighted by atomic mass is 19.4. The molecule has 0 aliphatic carbocycles. The summed E-state index contributed by atoms with van der Waals surface area (Å²) >= 11 is 0. The molecule has 4 aromatic rings. The van der Waals surface area contributed by atoms with Crippen molar-refractivity contribution < 1.29 is 22.4 Å². The maximum Gasteiger partial charge on any atom is 0.573 e. The highest BCUT2D eigenvalue weighted by Gasteiger charge is 2.30. The minimum absolute atomic E-state index is 0.264. The minimum Gasteiger partial charge on any atom is -0.406 e. The van der Waals surface area contributed by atoms with Gasteiger partial charge in [-0.1, -0.05) is 23.4 Å². The van der Waals surface area contributed by atoms with Crippen molar-refractivity contribution >= 4 is 11.0 Å². The van der Waals surface area contributed by atoms with E-state index in [1.54, 1.807) is 47.4 Å². The summed E-state index contributed by atoms with van der Waals surface area (Å²) in [6.07, 6.45) is -1.33. The summed E-state index contributed by atoms with van der Waals surface area (Å²) in [6, 6.07) is 12.8. The molecule has 0 aliphatic heterocycles. The number of rotatable bonds is 3. The van der Waals surface area contributed by atoms with E-state index in [-0.39, 0.29) is 5.75 Å². The predicted molar refractivity (Wildman–Crippen MR) is 83.2 cm³/mol. The zero-order valence-corrected chi connectivity index (χ0v) is 12.6. The van der Waals surface area contributed by atoms with Crippen LogP contribution in [0.25, 0.3) is 27.9 Å². The number of fused-ring (bicyclic) bond motifs is 1. The van der Waals surface area contributed by atoms with Gasteiger partial charge in [0.2, 0.25) is 5.82 Å². The van der Waals surface area contributed by atoms with Gasteiger partial charge < -0.3 is 9.26 Å². The Hall–Kier alpha value is -3.29. The van der Waals surface area contributed by atoms with E-state index >= 15 is 0 Å². The van der Waals surface area contributed by atoms with Crippen LogP contribution in [0.2, 0.25) is 0 Å². The van der Waals surface area contributed by atoms with E-state index in [9.17, 15) is 13.2 Å². The second-order valence-corrected chi connectivity index (χ2v) is 5.24. The van der Waals surface area contributed by atoms with Crippen LogP contribution in [-0.2, 0) is 0 Å². The zero-order chi connectivity index (χ0) is 17.4. The average molecular weight is 345 g/mol. The summed E-state index contributed by atoms with van der Waals surface area (Å²) in [5.41, 5.74) is 2.14. The van der Waals surface area contributed by atoms with E-state index in [1.165, 1.54) is 12.1 Å². The molecule has 5 nitrogen and oxygen atoms in total. The first kappa shape index (κ1) is 15.3. The summed E-state index contributed by atoms with van der Waals surface area (Å²) in [5.74, 6) is 0.276. The van der Waals surface area contributed by atoms with Crippen LogP contribution in [0.3, 0.4) is 0 Å². The van der Waals surface area contributed by atoms with Gasteiger partial charge in [-0.05, 0) is 41.5 Å². The second kappa shape index (κ2) is 5.66. The topological polar surface area (TPSA) is 53.1 Å². The molecule has 0 saturated heterocycles. The van der Waals surface area contributed by atoms with E-state index in [1.807, 2.05) is 6.07 Å². The molecule has 0 bridgehead atoms. The fourth-order valence-corrected chi connectivity index (χ4v) is 2.51. The minimum atomic E-state index is -4.71. The smallest absolute Gasteiger partial charge is 0.406 e. The molecular formula is C17H10F3N3O2. The molecule has 0 atom stereocenters. The van der Waals surface area contributed by atoms with Crippen molar-refractivity contribution in [3.8, 4) is 22.7 Å². The number of halogens is 3. The third kappa shape index (κ3) is 3.06. The molecule has 2 heterocycles. The van der Waals surface area contributed by atoms with Crippen LogP contribution >= 0.6 is 0 Å². The van der Waals surface area contributed by atoms with Gasteiger partial charge in [0.25, 0.3) is 0 Å². The summed E-state index contributed by atoms with van der Waals surface area (Å²) in [5, 5.41) is 8.88. The van der Waals surface area contributed by atoms with Gasteiger partial charge in [-0.3, -0.25) is 0 Å². The van der Waals surface area contributed by atoms with Crippen molar-refractivity contribution in [1.82, 2.24) is 14.9 Å². The second-order valence-electron chi connectivity index (χ2n) is 5.24. The Labute approximate surface area is 139 Å². The van der Waals surface area contributed by atoms with Crippen LogP contribution in [0.4, 0.5) is 13.2 Å². The maximum atomic E-state index is 12.2. The molecule has 0 N–H and O–H groups in total. The molecule has 25 heavy (non-hydrogen) atoms. The summed E-state index contributed by atoms with van der Waals surface area (Å²) in [4.78, 5) is 0. The molecule has 126 valence electrons. The van der Waals surface area contributed by atoms with Gasteiger partial charge in [0, 0.05) is 12.4 Å². The molecule has 0 saturated carbocycles. The van der Waals surface area contributed by atoms with Crippen LogP contribution in [-0.4, -0.2) is 21.3 Å². The van der Waals surface area contributed by atoms with Gasteiger partial charge in [-0.15, -0.1) is 13.2 Å². The Bertz CT molecular complexity index is 1010. The lowest BCUT2D eigenvalue weighted by molar-refractivity contribution is -0.274. The van der Waals surface area contributed by atoms with Gasteiger partial charge >= 0.3 is 6.36 Å². The summed E-state index contributed by atoms with van der Waals surface area (Å²) < 4.78 is 47.4. The molecule has 4 rings (SSSR count). The lowest BCUT2D eigenvalue weighted by Crippen LogP contribution is -2.16. The Morgan fingerprint density at radius 3 is 2.44 bits per heavy atom. The highest BCUT2D eigenvalue weighted by Crippen LogP contribution is 2.30. The maximum absolute atomic E-state index is 12.2. The van der Waals surface area contributed by atoms with E-state index in [2.05, 4.69) is 15.0 Å². The van der Waals surface area contributed by atoms with E-state index < -0.39 is 6.36 Å². The molecular weight excluding hydrogens is 335 g/mol. The van der Waals surface area contributed by atoms with Gasteiger partial charge in [0.15, 0.2) is 5.58 Å². The quantitative estimate of drug-likeness (QED) is 0.545. The van der Waals surface area contributed by atoms with Crippen LogP contribution in [0.1, 0.15) is 0 Å². The third-order valence-corrected chi connectivity index (χ3v) is 3.59. The largest absolute Gasteiger partial charge is 0.573 e. The first-order valence-electron chi connectivity index (χ1n) is 7.25. The molecule has 0 amide bonds. The monoisotopic (exact) mass is 345 g/mol. The average Bonchev–Trinajstić information content (AvgIpc) is 3.22. The summed E-state index contributed by atoms with van der Waals surface area (Å²) in [7, 11) is 0. The van der Waals surface area contributed by atoms with E-state index in [0.29, 0.717) is 11.4 Å². The van der Waals surface area contributed by atoms with Crippen molar-refractivity contribution in [1.29, 1.82) is 0 Å². The van der Waals surface area contributed by atoms with Crippen LogP contribution in [0.5, 0.6) is 5.75 Å². The van der Waals surface area contributed by atoms with Crippen LogP contribution < -0.4 is 4.74 Å². The van der Waals surface area contributed by atoms with Gasteiger partial charge in [-0.2, -0.15) is 5.10 Å². The fourth-order valence-electron chi connectivity index (χ4n) is 2.51. The van der Waals surface area contributed by atoms with E-state index in [0.717, 1.165) is 16.5 Å². The normalized spacial score (nSPS) is 11.8. The Balaban J connectivity index is 1.71. The number of aromatic nitrogens is 3. The molecule has 0 aliphatic rings. The van der Waals surface area contributed by atoms with E-state index in [4.69, 9.17) is 4.52 Å². The number of ether oxygens (including phenoxy) is 1. The molecule has 0 radical (unpaired) electrons. The van der Waals surface area contributed by atoms with Crippen molar-refractivity contribution in [3.05, 3.63) is 60.9 Å². The molecule has 0 unspecified atom stereocenters. The van der Waals surface area contributed by atoms with Crippen molar-refractivity contribution in [2.75, 3.05) is 0 Å². The highest BCUT2D eigenvalue weighted by molar-refractivity contribution is 5.88.